The predicted octanol–water partition coefficient (Wildman–Crippen LogP) is -1.05. The summed E-state index contributed by atoms with van der Waals surface area (Å²) in [6, 6.07) is 0. The van der Waals surface area contributed by atoms with Crippen molar-refractivity contribution in [2.75, 3.05) is 18.8 Å². The van der Waals surface area contributed by atoms with Crippen molar-refractivity contribution >= 4 is 15.9 Å². The summed E-state index contributed by atoms with van der Waals surface area (Å²) < 4.78 is 23.2. The Morgan fingerprint density at radius 1 is 1.45 bits per heavy atom. The Hall–Kier alpha value is -1.45. The van der Waals surface area contributed by atoms with Crippen molar-refractivity contribution in [3.8, 4) is 0 Å². The van der Waals surface area contributed by atoms with Crippen molar-refractivity contribution in [3.05, 3.63) is 17.5 Å². The lowest BCUT2D eigenvalue weighted by atomic mass is 10.2. The molecule has 0 aliphatic carbocycles. The molecule has 0 aliphatic rings. The van der Waals surface area contributed by atoms with Gasteiger partial charge >= 0.3 is 0 Å². The second-order valence-corrected chi connectivity index (χ2v) is 6.22. The molecule has 9 heteroatoms. The number of aromatic nitrogens is 2. The van der Waals surface area contributed by atoms with E-state index in [4.69, 9.17) is 10.9 Å². The predicted molar refractivity (Wildman–Crippen MR) is 75.6 cm³/mol. The zero-order valence-electron chi connectivity index (χ0n) is 11.5. The maximum atomic E-state index is 11.9. The van der Waals surface area contributed by atoms with E-state index in [2.05, 4.69) is 10.4 Å². The number of amides is 1. The molecule has 0 spiro atoms. The van der Waals surface area contributed by atoms with Crippen LogP contribution in [0.3, 0.4) is 0 Å². The first-order chi connectivity index (χ1) is 9.35. The van der Waals surface area contributed by atoms with Crippen LogP contribution in [-0.2, 0) is 16.6 Å². The second kappa shape index (κ2) is 7.36. The van der Waals surface area contributed by atoms with Crippen LogP contribution >= 0.6 is 0 Å². The number of nitrogens with zero attached hydrogens (tertiary/aromatic N) is 2. The summed E-state index contributed by atoms with van der Waals surface area (Å²) >= 11 is 0. The minimum atomic E-state index is -3.48. The summed E-state index contributed by atoms with van der Waals surface area (Å²) in [7, 11) is -3.48. The number of aryl methyl sites for hydroxylation is 1. The van der Waals surface area contributed by atoms with Gasteiger partial charge in [-0.2, -0.15) is 5.10 Å². The largest absolute Gasteiger partial charge is 0.352 e. The molecule has 0 aromatic carbocycles. The molecular formula is C11H21N5O3S. The Labute approximate surface area is 118 Å². The number of carbonyl (C=O) groups excluding carboxylic acids is 1. The third-order valence-corrected chi connectivity index (χ3v) is 3.67. The molecule has 0 radical (unpaired) electrons. The molecule has 1 rings (SSSR count). The van der Waals surface area contributed by atoms with Crippen molar-refractivity contribution < 1.29 is 13.2 Å². The van der Waals surface area contributed by atoms with Gasteiger partial charge in [-0.05, 0) is 26.3 Å². The number of hydrogen-bond donors (Lipinski definition) is 3. The van der Waals surface area contributed by atoms with Crippen LogP contribution in [-0.4, -0.2) is 42.9 Å². The number of primary sulfonamides is 1. The highest BCUT2D eigenvalue weighted by molar-refractivity contribution is 7.89. The number of sulfonamides is 1. The quantitative estimate of drug-likeness (QED) is 0.527. The summed E-state index contributed by atoms with van der Waals surface area (Å²) in [5, 5.41) is 11.6. The molecule has 1 amide bonds. The van der Waals surface area contributed by atoms with E-state index < -0.39 is 10.0 Å². The van der Waals surface area contributed by atoms with Crippen molar-refractivity contribution in [1.29, 1.82) is 0 Å². The molecule has 8 nitrogen and oxygen atoms in total. The van der Waals surface area contributed by atoms with Gasteiger partial charge in [0.15, 0.2) is 0 Å². The molecule has 0 saturated heterocycles. The summed E-state index contributed by atoms with van der Waals surface area (Å²) in [6.45, 7) is 3.29. The maximum absolute atomic E-state index is 11.9. The summed E-state index contributed by atoms with van der Waals surface area (Å²) in [5.74, 6) is -0.418. The minimum absolute atomic E-state index is 0.151. The molecule has 1 heterocycles. The van der Waals surface area contributed by atoms with Gasteiger partial charge < -0.3 is 11.1 Å². The van der Waals surface area contributed by atoms with Crippen LogP contribution in [0, 0.1) is 6.92 Å². The zero-order chi connectivity index (χ0) is 15.2. The number of nitrogens with two attached hydrogens (primary N) is 2. The van der Waals surface area contributed by atoms with Gasteiger partial charge in [0.1, 0.15) is 0 Å². The van der Waals surface area contributed by atoms with Crippen molar-refractivity contribution in [3.63, 3.8) is 0 Å². The monoisotopic (exact) mass is 303 g/mol. The van der Waals surface area contributed by atoms with E-state index in [1.54, 1.807) is 4.68 Å². The Balaban J connectivity index is 2.49. The summed E-state index contributed by atoms with van der Waals surface area (Å²) in [4.78, 5) is 11.9. The van der Waals surface area contributed by atoms with Gasteiger partial charge in [0.2, 0.25) is 10.0 Å². The van der Waals surface area contributed by atoms with Crippen molar-refractivity contribution in [1.82, 2.24) is 15.1 Å². The topological polar surface area (TPSA) is 133 Å². The molecule has 5 N–H and O–H groups in total. The maximum Gasteiger partial charge on any atom is 0.254 e. The lowest BCUT2D eigenvalue weighted by molar-refractivity contribution is 0.0953. The first kappa shape index (κ1) is 16.6. The third kappa shape index (κ3) is 5.27. The van der Waals surface area contributed by atoms with E-state index in [1.807, 2.05) is 6.92 Å². The van der Waals surface area contributed by atoms with Gasteiger partial charge in [0, 0.05) is 18.8 Å². The number of carbonyl (C=O) groups is 1. The van der Waals surface area contributed by atoms with E-state index >= 15 is 0 Å². The normalized spacial score (nSPS) is 11.6. The van der Waals surface area contributed by atoms with Crippen LogP contribution in [0.15, 0.2) is 6.20 Å². The minimum Gasteiger partial charge on any atom is -0.352 e. The number of hydrogen-bond acceptors (Lipinski definition) is 5. The Kier molecular flexibility index (Phi) is 6.11. The van der Waals surface area contributed by atoms with Gasteiger partial charge in [0.25, 0.3) is 5.91 Å². The average molecular weight is 303 g/mol. The third-order valence-electron chi connectivity index (χ3n) is 2.81. The van der Waals surface area contributed by atoms with Crippen LogP contribution in [0.1, 0.15) is 28.9 Å². The lowest BCUT2D eigenvalue weighted by Crippen LogP contribution is -2.27. The summed E-state index contributed by atoms with van der Waals surface area (Å²) in [5.41, 5.74) is 6.68. The zero-order valence-corrected chi connectivity index (χ0v) is 12.3. The van der Waals surface area contributed by atoms with Gasteiger partial charge in [0.05, 0.1) is 17.5 Å². The molecule has 1 aromatic heterocycles. The van der Waals surface area contributed by atoms with Crippen LogP contribution in [0.4, 0.5) is 0 Å². The SMILES string of the molecule is Cc1c(C(=O)NCCCS(N)(=O)=O)cnn1CCCN. The Morgan fingerprint density at radius 2 is 2.15 bits per heavy atom. The van der Waals surface area contributed by atoms with E-state index in [0.717, 1.165) is 12.1 Å². The fraction of sp³-hybridized carbons (Fsp3) is 0.636. The van der Waals surface area contributed by atoms with E-state index in [-0.39, 0.29) is 24.6 Å². The van der Waals surface area contributed by atoms with Gasteiger partial charge in [-0.15, -0.1) is 0 Å². The van der Waals surface area contributed by atoms with Gasteiger partial charge in [-0.1, -0.05) is 0 Å². The van der Waals surface area contributed by atoms with Crippen LogP contribution in [0.5, 0.6) is 0 Å². The van der Waals surface area contributed by atoms with E-state index in [1.165, 1.54) is 6.20 Å². The van der Waals surface area contributed by atoms with E-state index in [0.29, 0.717) is 18.7 Å². The first-order valence-corrected chi connectivity index (χ1v) is 8.08. The van der Waals surface area contributed by atoms with Gasteiger partial charge in [-0.25, -0.2) is 13.6 Å². The average Bonchev–Trinajstić information content (AvgIpc) is 2.72. The second-order valence-electron chi connectivity index (χ2n) is 4.49. The smallest absolute Gasteiger partial charge is 0.254 e. The first-order valence-electron chi connectivity index (χ1n) is 6.36. The molecule has 0 aliphatic heterocycles. The molecule has 0 unspecified atom stereocenters. The fourth-order valence-corrected chi connectivity index (χ4v) is 2.25. The Bertz CT molecular complexity index is 552. The molecule has 0 atom stereocenters. The van der Waals surface area contributed by atoms with Crippen molar-refractivity contribution in [2.24, 2.45) is 10.9 Å². The van der Waals surface area contributed by atoms with Crippen molar-refractivity contribution in [2.45, 2.75) is 26.3 Å². The highest BCUT2D eigenvalue weighted by atomic mass is 32.2. The molecule has 0 saturated carbocycles. The Morgan fingerprint density at radius 3 is 2.75 bits per heavy atom. The standard InChI is InChI=1S/C11H21N5O3S/c1-9-10(8-15-16(9)6-2-4-12)11(17)14-5-3-7-20(13,18)19/h8H,2-7,12H2,1H3,(H,14,17)(H2,13,18,19). The fourth-order valence-electron chi connectivity index (χ4n) is 1.71. The highest BCUT2D eigenvalue weighted by Crippen LogP contribution is 2.07. The molecule has 1 aromatic rings. The van der Waals surface area contributed by atoms with Crippen LogP contribution in [0.2, 0.25) is 0 Å². The number of nitrogens with one attached hydrogen (secondary N) is 1. The van der Waals surface area contributed by atoms with E-state index in [9.17, 15) is 13.2 Å². The molecular weight excluding hydrogens is 282 g/mol. The molecule has 114 valence electrons. The van der Waals surface area contributed by atoms with Crippen LogP contribution < -0.4 is 16.2 Å². The molecule has 0 fully saturated rings. The van der Waals surface area contributed by atoms with Gasteiger partial charge in [-0.3, -0.25) is 9.48 Å². The van der Waals surface area contributed by atoms with Crippen LogP contribution in [0.25, 0.3) is 0 Å². The summed E-state index contributed by atoms with van der Waals surface area (Å²) in [6.07, 6.45) is 2.57. The number of rotatable bonds is 8. The highest BCUT2D eigenvalue weighted by Gasteiger charge is 2.13. The molecule has 0 bridgehead atoms. The molecule has 20 heavy (non-hydrogen) atoms. The lowest BCUT2D eigenvalue weighted by Gasteiger charge is -2.06.